The monoisotopic (exact) mass is 427 g/mol. The number of ether oxygens (including phenoxy) is 1. The Morgan fingerprint density at radius 3 is 2.37 bits per heavy atom. The van der Waals surface area contributed by atoms with Crippen molar-refractivity contribution in [1.82, 2.24) is 4.98 Å². The molecule has 1 atom stereocenters. The van der Waals surface area contributed by atoms with Gasteiger partial charge in [0.25, 0.3) is 0 Å². The maximum atomic E-state index is 15.1. The Balaban J connectivity index is 2.34. The summed E-state index contributed by atoms with van der Waals surface area (Å²) in [6.07, 6.45) is 2.55. The van der Waals surface area contributed by atoms with Gasteiger partial charge in [0.1, 0.15) is 12.1 Å². The zero-order chi connectivity index (χ0) is 19.4. The van der Waals surface area contributed by atoms with Crippen molar-refractivity contribution >= 4 is 22.2 Å². The van der Waals surface area contributed by atoms with E-state index in [1.165, 1.54) is 13.2 Å². The van der Waals surface area contributed by atoms with Crippen LogP contribution in [-0.4, -0.2) is 18.4 Å². The molecule has 0 aliphatic carbocycles. The van der Waals surface area contributed by atoms with Crippen LogP contribution in [-0.2, 0) is 10.2 Å². The van der Waals surface area contributed by atoms with E-state index in [2.05, 4.69) is 20.9 Å². The van der Waals surface area contributed by atoms with E-state index in [0.717, 1.165) is 27.4 Å². The quantitative estimate of drug-likeness (QED) is 0.506. The van der Waals surface area contributed by atoms with Crippen LogP contribution in [0, 0.1) is 12.7 Å². The van der Waals surface area contributed by atoms with Crippen molar-refractivity contribution in [3.63, 3.8) is 0 Å². The number of carbonyl (C=O) groups excluding carboxylic acids is 1. The van der Waals surface area contributed by atoms with Crippen molar-refractivity contribution in [2.45, 2.75) is 18.8 Å². The summed E-state index contributed by atoms with van der Waals surface area (Å²) in [5.41, 5.74) is 1.81. The standard InChI is InChI=1S/C22H19BrFNO2/c1-15-3-9-19(20(24)13-15)22(11-12-26,16-4-7-18(23)8-5-16)17-6-10-21(27-2)25-14-17/h3-10,12-14H,11H2,1-2H3. The normalized spacial score (nSPS) is 13.0. The van der Waals surface area contributed by atoms with Crippen LogP contribution in [0.25, 0.3) is 0 Å². The van der Waals surface area contributed by atoms with Crippen molar-refractivity contribution in [3.05, 3.63) is 93.3 Å². The fraction of sp³-hybridized carbons (Fsp3) is 0.182. The van der Waals surface area contributed by atoms with Gasteiger partial charge in [-0.25, -0.2) is 9.37 Å². The largest absolute Gasteiger partial charge is 0.481 e. The zero-order valence-corrected chi connectivity index (χ0v) is 16.7. The highest BCUT2D eigenvalue weighted by atomic mass is 79.9. The molecule has 0 bridgehead atoms. The lowest BCUT2D eigenvalue weighted by Crippen LogP contribution is -2.31. The Bertz CT molecular complexity index is 942. The summed E-state index contributed by atoms with van der Waals surface area (Å²) in [5.74, 6) is 0.106. The lowest BCUT2D eigenvalue weighted by atomic mass is 9.67. The molecule has 5 heteroatoms. The van der Waals surface area contributed by atoms with E-state index in [9.17, 15) is 4.79 Å². The Hall–Kier alpha value is -2.53. The summed E-state index contributed by atoms with van der Waals surface area (Å²) in [4.78, 5) is 16.0. The average Bonchev–Trinajstić information content (AvgIpc) is 2.67. The number of nitrogens with zero attached hydrogens (tertiary/aromatic N) is 1. The molecular formula is C22H19BrFNO2. The number of aldehydes is 1. The Labute approximate surface area is 166 Å². The number of aromatic nitrogens is 1. The second-order valence-corrected chi connectivity index (χ2v) is 7.27. The Morgan fingerprint density at radius 2 is 1.81 bits per heavy atom. The molecule has 0 aliphatic heterocycles. The Kier molecular flexibility index (Phi) is 5.71. The SMILES string of the molecule is COc1ccc(C(CC=O)(c2ccc(Br)cc2)c2ccc(C)cc2F)cn1. The highest BCUT2D eigenvalue weighted by Crippen LogP contribution is 2.43. The number of hydrogen-bond donors (Lipinski definition) is 0. The van der Waals surface area contributed by atoms with Crippen LogP contribution in [0.2, 0.25) is 0 Å². The second-order valence-electron chi connectivity index (χ2n) is 6.36. The van der Waals surface area contributed by atoms with Gasteiger partial charge in [0, 0.05) is 28.7 Å². The molecule has 0 N–H and O–H groups in total. The van der Waals surface area contributed by atoms with Gasteiger partial charge >= 0.3 is 0 Å². The van der Waals surface area contributed by atoms with Crippen molar-refractivity contribution in [2.75, 3.05) is 7.11 Å². The first-order valence-electron chi connectivity index (χ1n) is 8.48. The third kappa shape index (κ3) is 3.65. The lowest BCUT2D eigenvalue weighted by Gasteiger charge is -2.34. The summed E-state index contributed by atoms with van der Waals surface area (Å²) in [6, 6.07) is 16.2. The van der Waals surface area contributed by atoms with Gasteiger partial charge in [0.05, 0.1) is 12.5 Å². The van der Waals surface area contributed by atoms with Crippen LogP contribution in [0.1, 0.15) is 28.7 Å². The first-order chi connectivity index (χ1) is 13.0. The number of aryl methyl sites for hydroxylation is 1. The summed E-state index contributed by atoms with van der Waals surface area (Å²) in [6.45, 7) is 1.84. The molecule has 0 saturated heterocycles. The molecular weight excluding hydrogens is 409 g/mol. The molecule has 138 valence electrons. The zero-order valence-electron chi connectivity index (χ0n) is 15.1. The Morgan fingerprint density at radius 1 is 1.11 bits per heavy atom. The number of methoxy groups -OCH3 is 1. The van der Waals surface area contributed by atoms with E-state index in [-0.39, 0.29) is 12.2 Å². The van der Waals surface area contributed by atoms with Crippen molar-refractivity contribution in [1.29, 1.82) is 0 Å². The first-order valence-corrected chi connectivity index (χ1v) is 9.27. The summed E-state index contributed by atoms with van der Waals surface area (Å²) in [5, 5.41) is 0. The fourth-order valence-corrected chi connectivity index (χ4v) is 3.67. The highest BCUT2D eigenvalue weighted by molar-refractivity contribution is 9.10. The van der Waals surface area contributed by atoms with Gasteiger partial charge in [-0.2, -0.15) is 0 Å². The van der Waals surface area contributed by atoms with E-state index >= 15 is 4.39 Å². The van der Waals surface area contributed by atoms with Crippen LogP contribution in [0.4, 0.5) is 4.39 Å². The van der Waals surface area contributed by atoms with Crippen LogP contribution in [0.15, 0.2) is 65.3 Å². The maximum absolute atomic E-state index is 15.1. The van der Waals surface area contributed by atoms with Crippen molar-refractivity contribution < 1.29 is 13.9 Å². The van der Waals surface area contributed by atoms with Crippen LogP contribution in [0.3, 0.4) is 0 Å². The molecule has 2 aromatic carbocycles. The number of hydrogen-bond acceptors (Lipinski definition) is 3. The van der Waals surface area contributed by atoms with Gasteiger partial charge in [-0.05, 0) is 41.8 Å². The molecule has 0 amide bonds. The van der Waals surface area contributed by atoms with Gasteiger partial charge in [-0.3, -0.25) is 0 Å². The molecule has 0 fully saturated rings. The third-order valence-corrected chi connectivity index (χ3v) is 5.28. The maximum Gasteiger partial charge on any atom is 0.212 e. The molecule has 3 rings (SSSR count). The molecule has 0 aliphatic rings. The minimum Gasteiger partial charge on any atom is -0.481 e. The number of pyridine rings is 1. The molecule has 27 heavy (non-hydrogen) atoms. The summed E-state index contributed by atoms with van der Waals surface area (Å²) < 4.78 is 21.1. The summed E-state index contributed by atoms with van der Waals surface area (Å²) >= 11 is 3.43. The third-order valence-electron chi connectivity index (χ3n) is 4.75. The molecule has 1 aromatic heterocycles. The minimum absolute atomic E-state index is 0.0859. The van der Waals surface area contributed by atoms with Crippen molar-refractivity contribution in [2.24, 2.45) is 0 Å². The molecule has 0 radical (unpaired) electrons. The van der Waals surface area contributed by atoms with Gasteiger partial charge in [-0.15, -0.1) is 0 Å². The summed E-state index contributed by atoms with van der Waals surface area (Å²) in [7, 11) is 1.54. The predicted octanol–water partition coefficient (Wildman–Crippen LogP) is 5.22. The van der Waals surface area contributed by atoms with E-state index in [4.69, 9.17) is 4.74 Å². The molecule has 1 unspecified atom stereocenters. The average molecular weight is 428 g/mol. The van der Waals surface area contributed by atoms with E-state index in [1.54, 1.807) is 18.3 Å². The molecule has 1 heterocycles. The van der Waals surface area contributed by atoms with Gasteiger partial charge in [0.15, 0.2) is 0 Å². The molecule has 0 saturated carbocycles. The number of benzene rings is 2. The first kappa shape index (κ1) is 19.2. The van der Waals surface area contributed by atoms with Gasteiger partial charge < -0.3 is 9.53 Å². The lowest BCUT2D eigenvalue weighted by molar-refractivity contribution is -0.108. The predicted molar refractivity (Wildman–Crippen MR) is 107 cm³/mol. The highest BCUT2D eigenvalue weighted by Gasteiger charge is 2.38. The minimum atomic E-state index is -0.987. The van der Waals surface area contributed by atoms with E-state index < -0.39 is 5.41 Å². The van der Waals surface area contributed by atoms with Crippen LogP contribution >= 0.6 is 15.9 Å². The number of carbonyl (C=O) groups is 1. The topological polar surface area (TPSA) is 39.2 Å². The molecule has 3 aromatic rings. The smallest absolute Gasteiger partial charge is 0.212 e. The van der Waals surface area contributed by atoms with E-state index in [0.29, 0.717) is 11.4 Å². The van der Waals surface area contributed by atoms with Crippen LogP contribution in [0.5, 0.6) is 5.88 Å². The van der Waals surface area contributed by atoms with Gasteiger partial charge in [0.2, 0.25) is 5.88 Å². The molecule has 0 spiro atoms. The number of rotatable bonds is 6. The van der Waals surface area contributed by atoms with Crippen molar-refractivity contribution in [3.8, 4) is 5.88 Å². The second kappa shape index (κ2) is 8.01. The van der Waals surface area contributed by atoms with Gasteiger partial charge in [-0.1, -0.05) is 46.3 Å². The number of halogens is 2. The molecule has 3 nitrogen and oxygen atoms in total. The van der Waals surface area contributed by atoms with Crippen LogP contribution < -0.4 is 4.74 Å². The van der Waals surface area contributed by atoms with E-state index in [1.807, 2.05) is 43.3 Å². The fourth-order valence-electron chi connectivity index (χ4n) is 3.40.